The van der Waals surface area contributed by atoms with E-state index in [1.54, 1.807) is 24.3 Å². The van der Waals surface area contributed by atoms with Crippen LogP contribution in [-0.4, -0.2) is 24.2 Å². The van der Waals surface area contributed by atoms with Gasteiger partial charge in [0, 0.05) is 23.9 Å². The first-order chi connectivity index (χ1) is 11.1. The average molecular weight is 316 g/mol. The molecule has 3 rings (SSSR count). The zero-order valence-electron chi connectivity index (χ0n) is 11.9. The summed E-state index contributed by atoms with van der Waals surface area (Å²) < 4.78 is 15.7. The van der Waals surface area contributed by atoms with Crippen molar-refractivity contribution in [3.05, 3.63) is 52.6 Å². The standard InChI is InChI=1S/C15H12N2O6/c18-15(16-10-2-1-3-11(6-10)17(19)20)8-21-12-4-5-13-14(7-12)23-9-22-13/h1-7H,8-9H2,(H,16,18). The highest BCUT2D eigenvalue weighted by Crippen LogP contribution is 2.35. The fraction of sp³-hybridized carbons (Fsp3) is 0.133. The third-order valence-electron chi connectivity index (χ3n) is 3.05. The van der Waals surface area contributed by atoms with Crippen molar-refractivity contribution in [1.82, 2.24) is 0 Å². The number of carbonyl (C=O) groups is 1. The van der Waals surface area contributed by atoms with E-state index >= 15 is 0 Å². The van der Waals surface area contributed by atoms with E-state index in [9.17, 15) is 14.9 Å². The largest absolute Gasteiger partial charge is 0.484 e. The Morgan fingerprint density at radius 3 is 2.87 bits per heavy atom. The van der Waals surface area contributed by atoms with Gasteiger partial charge in [0.1, 0.15) is 5.75 Å². The SMILES string of the molecule is O=C(COc1ccc2c(c1)OCO2)Nc1cccc([N+](=O)[O-])c1. The molecule has 2 aromatic carbocycles. The summed E-state index contributed by atoms with van der Waals surface area (Å²) in [4.78, 5) is 22.0. The molecule has 0 fully saturated rings. The van der Waals surface area contributed by atoms with Crippen LogP contribution < -0.4 is 19.5 Å². The van der Waals surface area contributed by atoms with E-state index in [0.29, 0.717) is 22.9 Å². The van der Waals surface area contributed by atoms with Crippen LogP contribution in [0.3, 0.4) is 0 Å². The molecule has 1 amide bonds. The lowest BCUT2D eigenvalue weighted by atomic mass is 10.3. The molecule has 0 saturated carbocycles. The number of carbonyl (C=O) groups excluding carboxylic acids is 1. The second kappa shape index (κ2) is 6.22. The van der Waals surface area contributed by atoms with Crippen LogP contribution in [-0.2, 0) is 4.79 Å². The van der Waals surface area contributed by atoms with E-state index in [4.69, 9.17) is 14.2 Å². The van der Waals surface area contributed by atoms with Crippen molar-refractivity contribution in [2.75, 3.05) is 18.7 Å². The minimum absolute atomic E-state index is 0.0977. The first-order valence-corrected chi connectivity index (χ1v) is 6.68. The summed E-state index contributed by atoms with van der Waals surface area (Å²) in [5.41, 5.74) is 0.234. The van der Waals surface area contributed by atoms with Crippen LogP contribution in [0.4, 0.5) is 11.4 Å². The topological polar surface area (TPSA) is 99.9 Å². The number of rotatable bonds is 5. The Kier molecular flexibility index (Phi) is 3.96. The molecule has 118 valence electrons. The first-order valence-electron chi connectivity index (χ1n) is 6.68. The van der Waals surface area contributed by atoms with Crippen LogP contribution in [0.1, 0.15) is 0 Å². The summed E-state index contributed by atoms with van der Waals surface area (Å²) in [6.07, 6.45) is 0. The molecule has 0 atom stereocenters. The summed E-state index contributed by atoms with van der Waals surface area (Å²) >= 11 is 0. The molecule has 0 bridgehead atoms. The lowest BCUT2D eigenvalue weighted by molar-refractivity contribution is -0.384. The first kappa shape index (κ1) is 14.6. The maximum Gasteiger partial charge on any atom is 0.271 e. The Bertz CT molecular complexity index is 761. The van der Waals surface area contributed by atoms with Crippen LogP contribution in [0.2, 0.25) is 0 Å². The quantitative estimate of drug-likeness (QED) is 0.671. The van der Waals surface area contributed by atoms with Gasteiger partial charge in [-0.1, -0.05) is 6.07 Å². The lowest BCUT2D eigenvalue weighted by Gasteiger charge is -2.08. The Balaban J connectivity index is 1.57. The number of nitro benzene ring substituents is 1. The lowest BCUT2D eigenvalue weighted by Crippen LogP contribution is -2.20. The van der Waals surface area contributed by atoms with Gasteiger partial charge in [-0.3, -0.25) is 14.9 Å². The van der Waals surface area contributed by atoms with Gasteiger partial charge < -0.3 is 19.5 Å². The van der Waals surface area contributed by atoms with E-state index in [2.05, 4.69) is 5.32 Å². The van der Waals surface area contributed by atoms with Gasteiger partial charge in [0.15, 0.2) is 18.1 Å². The van der Waals surface area contributed by atoms with Gasteiger partial charge in [0.25, 0.3) is 11.6 Å². The molecule has 1 aliphatic heterocycles. The number of nitro groups is 1. The number of amides is 1. The van der Waals surface area contributed by atoms with Crippen LogP contribution in [0.5, 0.6) is 17.2 Å². The van der Waals surface area contributed by atoms with Gasteiger partial charge in [0.2, 0.25) is 6.79 Å². The highest BCUT2D eigenvalue weighted by molar-refractivity contribution is 5.92. The van der Waals surface area contributed by atoms with Crippen molar-refractivity contribution in [3.8, 4) is 17.2 Å². The number of nitrogens with one attached hydrogen (secondary N) is 1. The Hall–Kier alpha value is -3.29. The monoisotopic (exact) mass is 316 g/mol. The summed E-state index contributed by atoms with van der Waals surface area (Å²) in [5, 5.41) is 13.2. The minimum atomic E-state index is -0.529. The molecule has 1 aliphatic rings. The highest BCUT2D eigenvalue weighted by Gasteiger charge is 2.14. The van der Waals surface area contributed by atoms with Crippen molar-refractivity contribution in [3.63, 3.8) is 0 Å². The predicted molar refractivity (Wildman–Crippen MR) is 79.8 cm³/mol. The number of hydrogen-bond donors (Lipinski definition) is 1. The van der Waals surface area contributed by atoms with Crippen molar-refractivity contribution in [2.24, 2.45) is 0 Å². The number of nitrogens with zero attached hydrogens (tertiary/aromatic N) is 1. The summed E-state index contributed by atoms with van der Waals surface area (Å²) in [6, 6.07) is 10.7. The molecule has 1 N–H and O–H groups in total. The van der Waals surface area contributed by atoms with Crippen LogP contribution in [0, 0.1) is 10.1 Å². The Labute approximate surface area is 130 Å². The molecule has 0 unspecified atom stereocenters. The third-order valence-corrected chi connectivity index (χ3v) is 3.05. The molecular weight excluding hydrogens is 304 g/mol. The maximum atomic E-state index is 11.8. The Morgan fingerprint density at radius 2 is 2.04 bits per heavy atom. The second-order valence-corrected chi connectivity index (χ2v) is 4.66. The van der Waals surface area contributed by atoms with Gasteiger partial charge in [0.05, 0.1) is 4.92 Å². The Morgan fingerprint density at radius 1 is 1.22 bits per heavy atom. The smallest absolute Gasteiger partial charge is 0.271 e. The number of benzene rings is 2. The maximum absolute atomic E-state index is 11.8. The molecule has 8 nitrogen and oxygen atoms in total. The fourth-order valence-corrected chi connectivity index (χ4v) is 2.01. The molecule has 1 heterocycles. The zero-order valence-corrected chi connectivity index (χ0v) is 11.9. The summed E-state index contributed by atoms with van der Waals surface area (Å²) in [6.45, 7) is -0.0750. The van der Waals surface area contributed by atoms with E-state index in [0.717, 1.165) is 0 Å². The number of non-ortho nitro benzene ring substituents is 1. The van der Waals surface area contributed by atoms with Gasteiger partial charge in [-0.25, -0.2) is 0 Å². The van der Waals surface area contributed by atoms with E-state index in [-0.39, 0.29) is 19.1 Å². The molecule has 23 heavy (non-hydrogen) atoms. The molecular formula is C15H12N2O6. The van der Waals surface area contributed by atoms with E-state index in [1.165, 1.54) is 18.2 Å². The number of fused-ring (bicyclic) bond motifs is 1. The van der Waals surface area contributed by atoms with Gasteiger partial charge in [-0.15, -0.1) is 0 Å². The summed E-state index contributed by atoms with van der Waals surface area (Å²) in [5.74, 6) is 1.21. The van der Waals surface area contributed by atoms with Crippen LogP contribution >= 0.6 is 0 Å². The second-order valence-electron chi connectivity index (χ2n) is 4.66. The van der Waals surface area contributed by atoms with Crippen molar-refractivity contribution in [2.45, 2.75) is 0 Å². The third kappa shape index (κ3) is 3.49. The number of hydrogen-bond acceptors (Lipinski definition) is 6. The molecule has 2 aromatic rings. The molecule has 0 spiro atoms. The van der Waals surface area contributed by atoms with Crippen molar-refractivity contribution in [1.29, 1.82) is 0 Å². The number of ether oxygens (including phenoxy) is 3. The zero-order chi connectivity index (χ0) is 16.2. The van der Waals surface area contributed by atoms with E-state index in [1.807, 2.05) is 0 Å². The summed E-state index contributed by atoms with van der Waals surface area (Å²) in [7, 11) is 0. The van der Waals surface area contributed by atoms with Gasteiger partial charge in [-0.2, -0.15) is 0 Å². The fourth-order valence-electron chi connectivity index (χ4n) is 2.01. The molecule has 0 radical (unpaired) electrons. The predicted octanol–water partition coefficient (Wildman–Crippen LogP) is 2.34. The molecule has 0 saturated heterocycles. The highest BCUT2D eigenvalue weighted by atomic mass is 16.7. The molecule has 8 heteroatoms. The number of anilines is 1. The molecule has 0 aliphatic carbocycles. The molecule has 0 aromatic heterocycles. The van der Waals surface area contributed by atoms with Crippen molar-refractivity contribution >= 4 is 17.3 Å². The van der Waals surface area contributed by atoms with Crippen LogP contribution in [0.15, 0.2) is 42.5 Å². The van der Waals surface area contributed by atoms with Gasteiger partial charge >= 0.3 is 0 Å². The van der Waals surface area contributed by atoms with Crippen molar-refractivity contribution < 1.29 is 23.9 Å². The van der Waals surface area contributed by atoms with Gasteiger partial charge in [-0.05, 0) is 18.2 Å². The minimum Gasteiger partial charge on any atom is -0.484 e. The normalized spacial score (nSPS) is 11.8. The van der Waals surface area contributed by atoms with Crippen LogP contribution in [0.25, 0.3) is 0 Å². The average Bonchev–Trinajstić information content (AvgIpc) is 3.01. The van der Waals surface area contributed by atoms with E-state index < -0.39 is 10.8 Å².